The van der Waals surface area contributed by atoms with Gasteiger partial charge >= 0.3 is 0 Å². The van der Waals surface area contributed by atoms with Crippen molar-refractivity contribution in [2.45, 2.75) is 13.5 Å². The normalized spacial score (nSPS) is 14.8. The number of nitrogens with zero attached hydrogens (tertiary/aromatic N) is 1. The zero-order valence-electron chi connectivity index (χ0n) is 17.7. The summed E-state index contributed by atoms with van der Waals surface area (Å²) in [7, 11) is 0. The molecule has 162 valence electrons. The standard InChI is InChI=1S/C26H23NO4S/c1-19-11-13-20(14-12-19)18-31-23-10-6-5-7-21(23)17-24-25(28)27(26(29)32-24)15-16-30-22-8-3-2-4-9-22/h2-14,17H,15-16,18H2,1H3/b24-17-. The second kappa shape index (κ2) is 10.2. The fourth-order valence-electron chi connectivity index (χ4n) is 3.18. The smallest absolute Gasteiger partial charge is 0.293 e. The molecular formula is C26H23NO4S. The van der Waals surface area contributed by atoms with Crippen molar-refractivity contribution in [2.24, 2.45) is 0 Å². The highest BCUT2D eigenvalue weighted by Crippen LogP contribution is 2.34. The number of amides is 2. The van der Waals surface area contributed by atoms with Gasteiger partial charge in [0.25, 0.3) is 11.1 Å². The Morgan fingerprint density at radius 1 is 0.875 bits per heavy atom. The maximum Gasteiger partial charge on any atom is 0.293 e. The molecule has 0 unspecified atom stereocenters. The van der Waals surface area contributed by atoms with Gasteiger partial charge in [-0.25, -0.2) is 0 Å². The Labute approximate surface area is 191 Å². The number of para-hydroxylation sites is 2. The zero-order valence-corrected chi connectivity index (χ0v) is 18.5. The molecule has 6 heteroatoms. The van der Waals surface area contributed by atoms with Gasteiger partial charge in [0.15, 0.2) is 0 Å². The largest absolute Gasteiger partial charge is 0.492 e. The fraction of sp³-hybridized carbons (Fsp3) is 0.154. The van der Waals surface area contributed by atoms with Gasteiger partial charge in [0.1, 0.15) is 24.7 Å². The molecule has 32 heavy (non-hydrogen) atoms. The van der Waals surface area contributed by atoms with Crippen LogP contribution in [0.1, 0.15) is 16.7 Å². The molecule has 1 fully saturated rings. The molecule has 0 radical (unpaired) electrons. The Morgan fingerprint density at radius 2 is 1.59 bits per heavy atom. The summed E-state index contributed by atoms with van der Waals surface area (Å²) < 4.78 is 11.6. The van der Waals surface area contributed by atoms with Crippen LogP contribution in [0.4, 0.5) is 4.79 Å². The summed E-state index contributed by atoms with van der Waals surface area (Å²) in [6, 6.07) is 24.9. The zero-order chi connectivity index (χ0) is 22.3. The molecule has 0 atom stereocenters. The van der Waals surface area contributed by atoms with E-state index in [0.717, 1.165) is 22.9 Å². The third kappa shape index (κ3) is 5.39. The van der Waals surface area contributed by atoms with E-state index in [1.54, 1.807) is 6.08 Å². The van der Waals surface area contributed by atoms with Gasteiger partial charge < -0.3 is 9.47 Å². The van der Waals surface area contributed by atoms with E-state index in [4.69, 9.17) is 9.47 Å². The predicted octanol–water partition coefficient (Wildman–Crippen LogP) is 5.69. The summed E-state index contributed by atoms with van der Waals surface area (Å²) in [4.78, 5) is 26.8. The number of imide groups is 1. The minimum atomic E-state index is -0.315. The van der Waals surface area contributed by atoms with Crippen LogP contribution in [0.3, 0.4) is 0 Å². The second-order valence-electron chi connectivity index (χ2n) is 7.31. The maximum atomic E-state index is 12.8. The molecule has 0 spiro atoms. The second-order valence-corrected chi connectivity index (χ2v) is 8.30. The lowest BCUT2D eigenvalue weighted by molar-refractivity contribution is -0.123. The van der Waals surface area contributed by atoms with Crippen LogP contribution in [-0.2, 0) is 11.4 Å². The van der Waals surface area contributed by atoms with Crippen LogP contribution in [0.5, 0.6) is 11.5 Å². The van der Waals surface area contributed by atoms with Crippen molar-refractivity contribution in [3.8, 4) is 11.5 Å². The lowest BCUT2D eigenvalue weighted by Crippen LogP contribution is -2.32. The highest BCUT2D eigenvalue weighted by Gasteiger charge is 2.35. The number of hydrogen-bond donors (Lipinski definition) is 0. The molecular weight excluding hydrogens is 422 g/mol. The molecule has 2 amide bonds. The van der Waals surface area contributed by atoms with E-state index in [9.17, 15) is 9.59 Å². The van der Waals surface area contributed by atoms with Crippen LogP contribution in [-0.4, -0.2) is 29.2 Å². The number of carbonyl (C=O) groups excluding carboxylic acids is 2. The Hall–Kier alpha value is -3.51. The molecule has 5 nitrogen and oxygen atoms in total. The molecule has 1 saturated heterocycles. The number of hydrogen-bond acceptors (Lipinski definition) is 5. The molecule has 1 aliphatic rings. The van der Waals surface area contributed by atoms with Crippen molar-refractivity contribution >= 4 is 29.0 Å². The van der Waals surface area contributed by atoms with E-state index in [-0.39, 0.29) is 24.3 Å². The summed E-state index contributed by atoms with van der Waals surface area (Å²) in [6.45, 7) is 2.90. The van der Waals surface area contributed by atoms with Gasteiger partial charge in [-0.2, -0.15) is 0 Å². The Balaban J connectivity index is 1.41. The Bertz CT molecular complexity index is 1130. The van der Waals surface area contributed by atoms with Crippen LogP contribution >= 0.6 is 11.8 Å². The number of carbonyl (C=O) groups is 2. The summed E-state index contributed by atoms with van der Waals surface area (Å²) in [5.41, 5.74) is 3.01. The first kappa shape index (κ1) is 21.7. The number of ether oxygens (including phenoxy) is 2. The summed E-state index contributed by atoms with van der Waals surface area (Å²) in [6.07, 6.45) is 1.72. The number of aryl methyl sites for hydroxylation is 1. The molecule has 3 aromatic rings. The maximum absolute atomic E-state index is 12.8. The average molecular weight is 446 g/mol. The molecule has 4 rings (SSSR count). The topological polar surface area (TPSA) is 55.8 Å². The van der Waals surface area contributed by atoms with E-state index in [0.29, 0.717) is 23.0 Å². The molecule has 0 saturated carbocycles. The van der Waals surface area contributed by atoms with E-state index in [1.165, 1.54) is 10.5 Å². The van der Waals surface area contributed by atoms with E-state index < -0.39 is 0 Å². The third-order valence-corrected chi connectivity index (χ3v) is 5.83. The van der Waals surface area contributed by atoms with Gasteiger partial charge in [-0.15, -0.1) is 0 Å². The van der Waals surface area contributed by atoms with E-state index in [1.807, 2.05) is 85.8 Å². The minimum Gasteiger partial charge on any atom is -0.492 e. The van der Waals surface area contributed by atoms with Crippen LogP contribution in [0.15, 0.2) is 83.8 Å². The number of thioether (sulfide) groups is 1. The summed E-state index contributed by atoms with van der Waals surface area (Å²) >= 11 is 0.935. The van der Waals surface area contributed by atoms with Crippen molar-refractivity contribution < 1.29 is 19.1 Å². The van der Waals surface area contributed by atoms with Crippen LogP contribution in [0, 0.1) is 6.92 Å². The van der Waals surface area contributed by atoms with Crippen molar-refractivity contribution in [3.05, 3.63) is 100 Å². The minimum absolute atomic E-state index is 0.197. The summed E-state index contributed by atoms with van der Waals surface area (Å²) in [5.74, 6) is 1.05. The summed E-state index contributed by atoms with van der Waals surface area (Å²) in [5, 5.41) is -0.295. The average Bonchev–Trinajstić information content (AvgIpc) is 3.07. The third-order valence-electron chi connectivity index (χ3n) is 4.92. The first-order chi connectivity index (χ1) is 15.6. The lowest BCUT2D eigenvalue weighted by Gasteiger charge is -2.13. The van der Waals surface area contributed by atoms with Crippen LogP contribution in [0.2, 0.25) is 0 Å². The first-order valence-electron chi connectivity index (χ1n) is 10.3. The molecule has 1 heterocycles. The molecule has 3 aromatic carbocycles. The van der Waals surface area contributed by atoms with E-state index in [2.05, 4.69) is 0 Å². The van der Waals surface area contributed by atoms with Gasteiger partial charge in [-0.05, 0) is 48.5 Å². The molecule has 0 bridgehead atoms. The molecule has 0 N–H and O–H groups in total. The molecule has 1 aliphatic heterocycles. The van der Waals surface area contributed by atoms with Crippen LogP contribution in [0.25, 0.3) is 6.08 Å². The van der Waals surface area contributed by atoms with Crippen molar-refractivity contribution in [1.29, 1.82) is 0 Å². The predicted molar refractivity (Wildman–Crippen MR) is 127 cm³/mol. The lowest BCUT2D eigenvalue weighted by atomic mass is 10.1. The molecule has 0 aromatic heterocycles. The highest BCUT2D eigenvalue weighted by atomic mass is 32.2. The highest BCUT2D eigenvalue weighted by molar-refractivity contribution is 8.18. The van der Waals surface area contributed by atoms with Gasteiger partial charge in [0.2, 0.25) is 0 Å². The van der Waals surface area contributed by atoms with Gasteiger partial charge in [-0.3, -0.25) is 14.5 Å². The molecule has 0 aliphatic carbocycles. The fourth-order valence-corrected chi connectivity index (χ4v) is 4.04. The van der Waals surface area contributed by atoms with Crippen molar-refractivity contribution in [3.63, 3.8) is 0 Å². The number of rotatable bonds is 8. The van der Waals surface area contributed by atoms with Crippen molar-refractivity contribution in [1.82, 2.24) is 4.90 Å². The van der Waals surface area contributed by atoms with Gasteiger partial charge in [0.05, 0.1) is 11.4 Å². The Kier molecular flexibility index (Phi) is 6.92. The SMILES string of the molecule is Cc1ccc(COc2ccccc2/C=C2\SC(=O)N(CCOc3ccccc3)C2=O)cc1. The van der Waals surface area contributed by atoms with E-state index >= 15 is 0 Å². The van der Waals surface area contributed by atoms with Gasteiger partial charge in [0, 0.05) is 5.56 Å². The Morgan fingerprint density at radius 3 is 2.38 bits per heavy atom. The van der Waals surface area contributed by atoms with Crippen LogP contribution < -0.4 is 9.47 Å². The monoisotopic (exact) mass is 445 g/mol. The first-order valence-corrected chi connectivity index (χ1v) is 11.1. The quantitative estimate of drug-likeness (QED) is 0.417. The van der Waals surface area contributed by atoms with Crippen molar-refractivity contribution in [2.75, 3.05) is 13.2 Å². The van der Waals surface area contributed by atoms with Gasteiger partial charge in [-0.1, -0.05) is 66.2 Å². The number of benzene rings is 3.